The highest BCUT2D eigenvalue weighted by Crippen LogP contribution is 2.22. The van der Waals surface area contributed by atoms with Crippen LogP contribution in [0.4, 0.5) is 4.79 Å². The molecule has 7 nitrogen and oxygen atoms in total. The number of nitrogens with two attached hydrogens (primary N) is 1. The van der Waals surface area contributed by atoms with Crippen molar-refractivity contribution in [3.63, 3.8) is 0 Å². The Bertz CT molecular complexity index is 551. The predicted molar refractivity (Wildman–Crippen MR) is 80.6 cm³/mol. The smallest absolute Gasteiger partial charge is 0.407 e. The van der Waals surface area contributed by atoms with E-state index in [-0.39, 0.29) is 17.9 Å². The first kappa shape index (κ1) is 17.8. The molecule has 1 unspecified atom stereocenters. The van der Waals surface area contributed by atoms with E-state index < -0.39 is 23.7 Å². The highest BCUT2D eigenvalue weighted by atomic mass is 16.6. The highest BCUT2D eigenvalue weighted by molar-refractivity contribution is 5.92. The van der Waals surface area contributed by atoms with E-state index in [0.29, 0.717) is 5.56 Å². The van der Waals surface area contributed by atoms with Crippen LogP contribution in [0.15, 0.2) is 18.2 Å². The normalized spacial score (nSPS) is 12.4. The van der Waals surface area contributed by atoms with E-state index in [1.165, 1.54) is 19.2 Å². The van der Waals surface area contributed by atoms with Gasteiger partial charge < -0.3 is 25.6 Å². The molecule has 0 spiro atoms. The third-order valence-corrected chi connectivity index (χ3v) is 2.72. The molecule has 1 aromatic rings. The average molecular weight is 310 g/mol. The summed E-state index contributed by atoms with van der Waals surface area (Å²) in [6.45, 7) is 5.40. The van der Waals surface area contributed by atoms with Gasteiger partial charge in [0.25, 0.3) is 0 Å². The van der Waals surface area contributed by atoms with Crippen molar-refractivity contribution in [3.8, 4) is 5.75 Å². The summed E-state index contributed by atoms with van der Waals surface area (Å²) < 4.78 is 9.68. The van der Waals surface area contributed by atoms with Gasteiger partial charge in [-0.2, -0.15) is 0 Å². The minimum Gasteiger partial charge on any atom is -0.507 e. The van der Waals surface area contributed by atoms with Crippen LogP contribution >= 0.6 is 0 Å². The summed E-state index contributed by atoms with van der Waals surface area (Å²) in [5, 5.41) is 12.2. The zero-order valence-corrected chi connectivity index (χ0v) is 13.2. The average Bonchev–Trinajstić information content (AvgIpc) is 2.42. The van der Waals surface area contributed by atoms with Gasteiger partial charge in [0, 0.05) is 12.6 Å². The first-order valence-electron chi connectivity index (χ1n) is 6.77. The number of nitrogens with one attached hydrogen (secondary N) is 1. The van der Waals surface area contributed by atoms with Crippen LogP contribution < -0.4 is 11.1 Å². The fourth-order valence-electron chi connectivity index (χ4n) is 1.68. The number of alkyl carbamates (subject to hydrolysis) is 1. The van der Waals surface area contributed by atoms with Crippen molar-refractivity contribution in [2.24, 2.45) is 5.73 Å². The maximum absolute atomic E-state index is 11.6. The quantitative estimate of drug-likeness (QED) is 0.730. The molecular formula is C15H22N2O5. The molecule has 0 aliphatic heterocycles. The molecule has 7 heteroatoms. The van der Waals surface area contributed by atoms with E-state index in [1.807, 2.05) is 0 Å². The van der Waals surface area contributed by atoms with Gasteiger partial charge in [-0.1, -0.05) is 6.07 Å². The summed E-state index contributed by atoms with van der Waals surface area (Å²) in [6, 6.07) is 3.80. The number of phenolic OH excluding ortho intramolecular Hbond substituents is 1. The Kier molecular flexibility index (Phi) is 5.76. The van der Waals surface area contributed by atoms with Crippen molar-refractivity contribution in [1.29, 1.82) is 0 Å². The van der Waals surface area contributed by atoms with Crippen LogP contribution in [0.2, 0.25) is 0 Å². The third-order valence-electron chi connectivity index (χ3n) is 2.72. The van der Waals surface area contributed by atoms with Gasteiger partial charge in [-0.3, -0.25) is 0 Å². The molecule has 0 saturated carbocycles. The molecule has 0 bridgehead atoms. The molecule has 0 saturated heterocycles. The molecule has 1 atom stereocenters. The van der Waals surface area contributed by atoms with E-state index in [2.05, 4.69) is 10.1 Å². The summed E-state index contributed by atoms with van der Waals surface area (Å²) in [6.07, 6.45) is -0.574. The van der Waals surface area contributed by atoms with Gasteiger partial charge in [-0.25, -0.2) is 9.59 Å². The van der Waals surface area contributed by atoms with Crippen LogP contribution in [-0.4, -0.2) is 36.4 Å². The van der Waals surface area contributed by atoms with Gasteiger partial charge in [-0.05, 0) is 38.5 Å². The molecule has 0 heterocycles. The number of rotatable bonds is 4. The Labute approximate surface area is 129 Å². The van der Waals surface area contributed by atoms with Gasteiger partial charge in [0.2, 0.25) is 0 Å². The van der Waals surface area contributed by atoms with Gasteiger partial charge in [-0.15, -0.1) is 0 Å². The van der Waals surface area contributed by atoms with Gasteiger partial charge in [0.15, 0.2) is 0 Å². The fourth-order valence-corrected chi connectivity index (χ4v) is 1.68. The molecule has 122 valence electrons. The topological polar surface area (TPSA) is 111 Å². The number of benzene rings is 1. The lowest BCUT2D eigenvalue weighted by molar-refractivity contribution is 0.0522. The molecule has 0 aliphatic rings. The Balaban J connectivity index is 2.72. The summed E-state index contributed by atoms with van der Waals surface area (Å²) >= 11 is 0. The Morgan fingerprint density at radius 3 is 2.55 bits per heavy atom. The summed E-state index contributed by atoms with van der Waals surface area (Å²) in [7, 11) is 1.22. The molecular weight excluding hydrogens is 288 g/mol. The number of carbonyl (C=O) groups excluding carboxylic acids is 2. The number of ether oxygens (including phenoxy) is 2. The lowest BCUT2D eigenvalue weighted by Crippen LogP contribution is -2.36. The summed E-state index contributed by atoms with van der Waals surface area (Å²) in [5.74, 6) is -0.852. The van der Waals surface area contributed by atoms with Gasteiger partial charge >= 0.3 is 12.1 Å². The number of hydrogen-bond acceptors (Lipinski definition) is 6. The zero-order chi connectivity index (χ0) is 16.9. The fraction of sp³-hybridized carbons (Fsp3) is 0.467. The number of aromatic hydroxyl groups is 1. The number of hydrogen-bond donors (Lipinski definition) is 3. The van der Waals surface area contributed by atoms with Crippen molar-refractivity contribution in [3.05, 3.63) is 29.3 Å². The standard InChI is InChI=1S/C15H22N2O5/c1-15(2,3)22-14(20)17-8-11(16)9-5-6-12(18)10(7-9)13(19)21-4/h5-7,11,18H,8,16H2,1-4H3,(H,17,20). The van der Waals surface area contributed by atoms with Crippen LogP contribution in [0.25, 0.3) is 0 Å². The predicted octanol–water partition coefficient (Wildman–Crippen LogP) is 1.70. The number of phenols is 1. The molecule has 1 aromatic carbocycles. The van der Waals surface area contributed by atoms with Crippen LogP contribution in [-0.2, 0) is 9.47 Å². The first-order valence-corrected chi connectivity index (χ1v) is 6.77. The Morgan fingerprint density at radius 2 is 2.00 bits per heavy atom. The molecule has 1 amide bonds. The van der Waals surface area contributed by atoms with E-state index in [1.54, 1.807) is 26.8 Å². The molecule has 0 fully saturated rings. The minimum atomic E-state index is -0.661. The van der Waals surface area contributed by atoms with E-state index in [4.69, 9.17) is 10.5 Å². The van der Waals surface area contributed by atoms with Crippen molar-refractivity contribution < 1.29 is 24.2 Å². The minimum absolute atomic E-state index is 0.0210. The monoisotopic (exact) mass is 310 g/mol. The van der Waals surface area contributed by atoms with Gasteiger partial charge in [0.05, 0.1) is 7.11 Å². The molecule has 4 N–H and O–H groups in total. The zero-order valence-electron chi connectivity index (χ0n) is 13.2. The first-order chi connectivity index (χ1) is 10.1. The molecule has 0 aliphatic carbocycles. The second-order valence-electron chi connectivity index (χ2n) is 5.76. The second-order valence-corrected chi connectivity index (χ2v) is 5.76. The lowest BCUT2D eigenvalue weighted by Gasteiger charge is -2.21. The van der Waals surface area contributed by atoms with E-state index in [9.17, 15) is 14.7 Å². The number of carbonyl (C=O) groups is 2. The maximum Gasteiger partial charge on any atom is 0.407 e. The number of amides is 1. The molecule has 0 radical (unpaired) electrons. The maximum atomic E-state index is 11.6. The van der Waals surface area contributed by atoms with Gasteiger partial charge in [0.1, 0.15) is 16.9 Å². The molecule has 22 heavy (non-hydrogen) atoms. The highest BCUT2D eigenvalue weighted by Gasteiger charge is 2.18. The number of esters is 1. The number of methoxy groups -OCH3 is 1. The van der Waals surface area contributed by atoms with Crippen molar-refractivity contribution >= 4 is 12.1 Å². The van der Waals surface area contributed by atoms with E-state index in [0.717, 1.165) is 0 Å². The van der Waals surface area contributed by atoms with Crippen LogP contribution in [0.5, 0.6) is 5.75 Å². The second kappa shape index (κ2) is 7.13. The van der Waals surface area contributed by atoms with Crippen LogP contribution in [0.3, 0.4) is 0 Å². The van der Waals surface area contributed by atoms with Crippen molar-refractivity contribution in [1.82, 2.24) is 5.32 Å². The van der Waals surface area contributed by atoms with Crippen molar-refractivity contribution in [2.45, 2.75) is 32.4 Å². The van der Waals surface area contributed by atoms with E-state index >= 15 is 0 Å². The Hall–Kier alpha value is -2.28. The van der Waals surface area contributed by atoms with Crippen LogP contribution in [0, 0.1) is 0 Å². The third kappa shape index (κ3) is 5.25. The largest absolute Gasteiger partial charge is 0.507 e. The molecule has 0 aromatic heterocycles. The molecule has 1 rings (SSSR count). The Morgan fingerprint density at radius 1 is 1.36 bits per heavy atom. The van der Waals surface area contributed by atoms with Crippen LogP contribution in [0.1, 0.15) is 42.7 Å². The summed E-state index contributed by atoms with van der Waals surface area (Å²) in [4.78, 5) is 23.1. The lowest BCUT2D eigenvalue weighted by atomic mass is 10.0. The summed E-state index contributed by atoms with van der Waals surface area (Å²) in [5.41, 5.74) is 5.97. The van der Waals surface area contributed by atoms with Crippen molar-refractivity contribution in [2.75, 3.05) is 13.7 Å². The SMILES string of the molecule is COC(=O)c1cc(C(N)CNC(=O)OC(C)(C)C)ccc1O.